The summed E-state index contributed by atoms with van der Waals surface area (Å²) < 4.78 is 35.6. The van der Waals surface area contributed by atoms with Gasteiger partial charge in [-0.3, -0.25) is 9.52 Å². The van der Waals surface area contributed by atoms with E-state index in [1.165, 1.54) is 12.1 Å². The Bertz CT molecular complexity index is 881. The molecule has 6 nitrogen and oxygen atoms in total. The molecule has 0 aliphatic carbocycles. The summed E-state index contributed by atoms with van der Waals surface area (Å²) >= 11 is 0. The number of allylic oxidation sites excluding steroid dienone is 1. The van der Waals surface area contributed by atoms with Crippen LogP contribution in [-0.4, -0.2) is 34.7 Å². The van der Waals surface area contributed by atoms with E-state index < -0.39 is 10.0 Å². The van der Waals surface area contributed by atoms with Crippen LogP contribution in [-0.2, 0) is 10.0 Å². The van der Waals surface area contributed by atoms with E-state index in [-0.39, 0.29) is 17.0 Å². The number of nitrogens with one attached hydrogen (secondary N) is 1. The van der Waals surface area contributed by atoms with Crippen molar-refractivity contribution < 1.29 is 22.7 Å². The quantitative estimate of drug-likeness (QED) is 0.606. The van der Waals surface area contributed by atoms with Crippen molar-refractivity contribution in [3.63, 3.8) is 0 Å². The maximum Gasteiger partial charge on any atom is 0.229 e. The Morgan fingerprint density at radius 1 is 1.04 bits per heavy atom. The molecule has 2 aromatic rings. The second kappa shape index (κ2) is 7.85. The lowest BCUT2D eigenvalue weighted by atomic mass is 10.1. The van der Waals surface area contributed by atoms with E-state index in [1.807, 2.05) is 0 Å². The van der Waals surface area contributed by atoms with Crippen LogP contribution in [0, 0.1) is 0 Å². The molecule has 2 rings (SSSR count). The maximum absolute atomic E-state index is 12.4. The van der Waals surface area contributed by atoms with E-state index in [0.29, 0.717) is 11.5 Å². The SMILES string of the molecule is COc1cc(C=CC(=O)c2ccccc2NS(C)(=O)=O)cc(OC)c1. The fourth-order valence-electron chi connectivity index (χ4n) is 2.17. The van der Waals surface area contributed by atoms with Gasteiger partial charge in [0.25, 0.3) is 0 Å². The Hall–Kier alpha value is -2.80. The highest BCUT2D eigenvalue weighted by molar-refractivity contribution is 7.92. The number of carbonyl (C=O) groups excluding carboxylic acids is 1. The molecule has 0 saturated heterocycles. The summed E-state index contributed by atoms with van der Waals surface area (Å²) in [6, 6.07) is 11.7. The van der Waals surface area contributed by atoms with Gasteiger partial charge in [0.05, 0.1) is 26.2 Å². The van der Waals surface area contributed by atoms with E-state index in [0.717, 1.165) is 11.8 Å². The topological polar surface area (TPSA) is 81.7 Å². The van der Waals surface area contributed by atoms with E-state index in [4.69, 9.17) is 9.47 Å². The molecule has 132 valence electrons. The largest absolute Gasteiger partial charge is 0.497 e. The van der Waals surface area contributed by atoms with Crippen molar-refractivity contribution in [3.05, 3.63) is 59.7 Å². The first-order valence-corrected chi connectivity index (χ1v) is 9.24. The second-order valence-electron chi connectivity index (χ2n) is 5.26. The zero-order chi connectivity index (χ0) is 18.4. The van der Waals surface area contributed by atoms with Crippen LogP contribution >= 0.6 is 0 Å². The molecule has 25 heavy (non-hydrogen) atoms. The molecule has 0 aliphatic heterocycles. The van der Waals surface area contributed by atoms with Crippen molar-refractivity contribution in [3.8, 4) is 11.5 Å². The molecule has 1 N–H and O–H groups in total. The van der Waals surface area contributed by atoms with Gasteiger partial charge in [-0.25, -0.2) is 8.42 Å². The monoisotopic (exact) mass is 361 g/mol. The summed E-state index contributed by atoms with van der Waals surface area (Å²) in [6.45, 7) is 0. The molecule has 7 heteroatoms. The molecule has 0 saturated carbocycles. The number of sulfonamides is 1. The highest BCUT2D eigenvalue weighted by atomic mass is 32.2. The van der Waals surface area contributed by atoms with Crippen LogP contribution in [0.5, 0.6) is 11.5 Å². The van der Waals surface area contributed by atoms with Gasteiger partial charge in [0.1, 0.15) is 11.5 Å². The summed E-state index contributed by atoms with van der Waals surface area (Å²) in [4.78, 5) is 12.4. The number of rotatable bonds is 7. The van der Waals surface area contributed by atoms with Gasteiger partial charge in [0.2, 0.25) is 10.0 Å². The minimum Gasteiger partial charge on any atom is -0.497 e. The van der Waals surface area contributed by atoms with Crippen molar-refractivity contribution >= 4 is 27.6 Å². The average Bonchev–Trinajstić information content (AvgIpc) is 2.58. The molecule has 0 spiro atoms. The van der Waals surface area contributed by atoms with Crippen molar-refractivity contribution in [1.29, 1.82) is 0 Å². The van der Waals surface area contributed by atoms with Gasteiger partial charge in [-0.15, -0.1) is 0 Å². The smallest absolute Gasteiger partial charge is 0.229 e. The number of benzene rings is 2. The molecule has 0 aliphatic rings. The van der Waals surface area contributed by atoms with Crippen LogP contribution in [0.15, 0.2) is 48.5 Å². The third kappa shape index (κ3) is 5.36. The minimum absolute atomic E-state index is 0.239. The van der Waals surface area contributed by atoms with Gasteiger partial charge >= 0.3 is 0 Å². The first-order chi connectivity index (χ1) is 11.8. The van der Waals surface area contributed by atoms with Crippen molar-refractivity contribution in [1.82, 2.24) is 0 Å². The lowest BCUT2D eigenvalue weighted by molar-refractivity contribution is 0.104. The number of hydrogen-bond acceptors (Lipinski definition) is 5. The summed E-state index contributed by atoms with van der Waals surface area (Å²) in [6.07, 6.45) is 4.02. The van der Waals surface area contributed by atoms with Crippen LogP contribution in [0.25, 0.3) is 6.08 Å². The average molecular weight is 361 g/mol. The Balaban J connectivity index is 2.30. The lowest BCUT2D eigenvalue weighted by Gasteiger charge is -2.08. The number of ketones is 1. The van der Waals surface area contributed by atoms with E-state index in [9.17, 15) is 13.2 Å². The first kappa shape index (κ1) is 18.5. The molecule has 0 aromatic heterocycles. The van der Waals surface area contributed by atoms with Gasteiger partial charge in [-0.1, -0.05) is 18.2 Å². The van der Waals surface area contributed by atoms with Crippen molar-refractivity contribution in [2.75, 3.05) is 25.2 Å². The predicted octanol–water partition coefficient (Wildman–Crippen LogP) is 2.97. The normalized spacial score (nSPS) is 11.3. The molecule has 0 atom stereocenters. The first-order valence-electron chi connectivity index (χ1n) is 7.34. The van der Waals surface area contributed by atoms with Crippen molar-refractivity contribution in [2.24, 2.45) is 0 Å². The van der Waals surface area contributed by atoms with Gasteiger partial charge in [-0.05, 0) is 35.9 Å². The second-order valence-corrected chi connectivity index (χ2v) is 7.01. The summed E-state index contributed by atoms with van der Waals surface area (Å²) in [7, 11) is -0.393. The predicted molar refractivity (Wildman–Crippen MR) is 97.8 cm³/mol. The Kier molecular flexibility index (Phi) is 5.82. The third-order valence-corrected chi connectivity index (χ3v) is 3.88. The summed E-state index contributed by atoms with van der Waals surface area (Å²) in [5.74, 6) is 0.879. The van der Waals surface area contributed by atoms with E-state index in [2.05, 4.69) is 4.72 Å². The zero-order valence-electron chi connectivity index (χ0n) is 14.1. The molecule has 2 aromatic carbocycles. The standard InChI is InChI=1S/C18H19NO5S/c1-23-14-10-13(11-15(12-14)24-2)8-9-18(20)16-6-4-5-7-17(16)19-25(3,21)22/h4-12,19H,1-3H3. The Morgan fingerprint density at radius 2 is 1.64 bits per heavy atom. The number of ether oxygens (including phenoxy) is 2. The highest BCUT2D eigenvalue weighted by Gasteiger charge is 2.11. The molecule has 0 radical (unpaired) electrons. The van der Waals surface area contributed by atoms with Gasteiger partial charge in [0, 0.05) is 11.6 Å². The molecule has 0 fully saturated rings. The van der Waals surface area contributed by atoms with Crippen molar-refractivity contribution in [2.45, 2.75) is 0 Å². The van der Waals surface area contributed by atoms with Crippen LogP contribution in [0.3, 0.4) is 0 Å². The maximum atomic E-state index is 12.4. The number of para-hydroxylation sites is 1. The number of anilines is 1. The summed E-state index contributed by atoms with van der Waals surface area (Å²) in [5.41, 5.74) is 1.22. The molecular weight excluding hydrogens is 342 g/mol. The van der Waals surface area contributed by atoms with Crippen LogP contribution in [0.4, 0.5) is 5.69 Å². The fourth-order valence-corrected chi connectivity index (χ4v) is 2.75. The number of methoxy groups -OCH3 is 2. The molecular formula is C18H19NO5S. The van der Waals surface area contributed by atoms with E-state index >= 15 is 0 Å². The highest BCUT2D eigenvalue weighted by Crippen LogP contribution is 2.24. The van der Waals surface area contributed by atoms with Crippen LogP contribution in [0.2, 0.25) is 0 Å². The molecule has 0 unspecified atom stereocenters. The van der Waals surface area contributed by atoms with E-state index in [1.54, 1.807) is 56.7 Å². The Morgan fingerprint density at radius 3 is 2.20 bits per heavy atom. The van der Waals surface area contributed by atoms with Gasteiger partial charge in [0.15, 0.2) is 5.78 Å². The lowest BCUT2D eigenvalue weighted by Crippen LogP contribution is -2.12. The third-order valence-electron chi connectivity index (χ3n) is 3.29. The minimum atomic E-state index is -3.48. The van der Waals surface area contributed by atoms with Gasteiger partial charge < -0.3 is 9.47 Å². The Labute approximate surface area is 147 Å². The summed E-state index contributed by atoms with van der Waals surface area (Å²) in [5, 5.41) is 0. The molecule has 0 amide bonds. The van der Waals surface area contributed by atoms with Gasteiger partial charge in [-0.2, -0.15) is 0 Å². The molecule has 0 heterocycles. The zero-order valence-corrected chi connectivity index (χ0v) is 15.0. The van der Waals surface area contributed by atoms with Crippen LogP contribution < -0.4 is 14.2 Å². The number of carbonyl (C=O) groups is 1. The fraction of sp³-hybridized carbons (Fsp3) is 0.167. The molecule has 0 bridgehead atoms. The van der Waals surface area contributed by atoms with Crippen LogP contribution in [0.1, 0.15) is 15.9 Å². The number of hydrogen-bond donors (Lipinski definition) is 1.